The van der Waals surface area contributed by atoms with Crippen LogP contribution in [0.4, 0.5) is 0 Å². The summed E-state index contributed by atoms with van der Waals surface area (Å²) in [7, 11) is 0. The molecule has 94 valence electrons. The van der Waals surface area contributed by atoms with E-state index in [4.69, 9.17) is 5.73 Å². The largest absolute Gasteiger partial charge is 0.395 e. The Labute approximate surface area is 104 Å². The summed E-state index contributed by atoms with van der Waals surface area (Å²) in [5, 5.41) is 9.93. The van der Waals surface area contributed by atoms with E-state index >= 15 is 0 Å². The van der Waals surface area contributed by atoms with Crippen molar-refractivity contribution in [3.8, 4) is 0 Å². The second kappa shape index (κ2) is 3.32. The van der Waals surface area contributed by atoms with Crippen molar-refractivity contribution in [1.82, 2.24) is 4.57 Å². The Hall–Kier alpha value is -1.88. The Balaban J connectivity index is 2.36. The van der Waals surface area contributed by atoms with Gasteiger partial charge in [-0.05, 0) is 25.8 Å². The summed E-state index contributed by atoms with van der Waals surface area (Å²) in [5.74, 6) is -0.501. The topological polar surface area (TPSA) is 85.3 Å². The molecule has 1 aromatic rings. The summed E-state index contributed by atoms with van der Waals surface area (Å²) >= 11 is 0. The number of ketones is 2. The Morgan fingerprint density at radius 3 is 2.61 bits per heavy atom. The lowest BCUT2D eigenvalue weighted by Crippen LogP contribution is -2.26. The zero-order valence-corrected chi connectivity index (χ0v) is 10.3. The minimum atomic E-state index is -0.599. The average Bonchev–Trinajstić information content (AvgIpc) is 2.84. The fourth-order valence-electron chi connectivity index (χ4n) is 2.93. The Bertz CT molecular complexity index is 637. The van der Waals surface area contributed by atoms with Crippen molar-refractivity contribution in [2.45, 2.75) is 32.9 Å². The van der Waals surface area contributed by atoms with Crippen LogP contribution in [0.2, 0.25) is 0 Å². The number of hydrogen-bond acceptors (Lipinski definition) is 4. The van der Waals surface area contributed by atoms with Gasteiger partial charge in [-0.2, -0.15) is 0 Å². The smallest absolute Gasteiger partial charge is 0.211 e. The van der Waals surface area contributed by atoms with Gasteiger partial charge >= 0.3 is 0 Å². The molecule has 3 rings (SSSR count). The van der Waals surface area contributed by atoms with Crippen LogP contribution in [-0.2, 0) is 6.54 Å². The Morgan fingerprint density at radius 1 is 1.28 bits per heavy atom. The fraction of sp³-hybridized carbons (Fsp3) is 0.385. The molecule has 1 aromatic heterocycles. The number of nitrogens with two attached hydrogens (primary N) is 1. The molecule has 0 saturated carbocycles. The molecule has 0 radical (unpaired) electrons. The van der Waals surface area contributed by atoms with Crippen LogP contribution in [0.15, 0.2) is 11.3 Å². The quantitative estimate of drug-likeness (QED) is 0.710. The van der Waals surface area contributed by atoms with Crippen LogP contribution in [0.25, 0.3) is 0 Å². The number of carbonyl (C=O) groups excluding carboxylic acids is 2. The van der Waals surface area contributed by atoms with Crippen LogP contribution in [0, 0.1) is 6.92 Å². The van der Waals surface area contributed by atoms with Crippen LogP contribution in [-0.4, -0.2) is 21.2 Å². The number of aliphatic hydroxyl groups excluding tert-OH is 1. The molecule has 2 aliphatic rings. The normalized spacial score (nSPS) is 22.5. The lowest BCUT2D eigenvalue weighted by atomic mass is 9.90. The maximum absolute atomic E-state index is 12.3. The summed E-state index contributed by atoms with van der Waals surface area (Å²) in [6.07, 6.45) is -0.0128. The monoisotopic (exact) mass is 246 g/mol. The van der Waals surface area contributed by atoms with E-state index < -0.39 is 6.10 Å². The summed E-state index contributed by atoms with van der Waals surface area (Å²) in [5.41, 5.74) is 8.15. The molecular formula is C13H14N2O3. The number of nitrogens with zero attached hydrogens (tertiary/aromatic N) is 1. The first kappa shape index (κ1) is 11.2. The predicted molar refractivity (Wildman–Crippen MR) is 64.3 cm³/mol. The molecule has 0 amide bonds. The SMILES string of the molecule is CC1=C(N)C(=O)c2c(C)c3n(c2C1=O)CCC3O. The zero-order valence-electron chi connectivity index (χ0n) is 10.3. The average molecular weight is 246 g/mol. The van der Waals surface area contributed by atoms with E-state index in [-0.39, 0.29) is 17.3 Å². The zero-order chi connectivity index (χ0) is 13.2. The summed E-state index contributed by atoms with van der Waals surface area (Å²) < 4.78 is 1.77. The number of Topliss-reactive ketones (excluding diaryl/α,β-unsaturated/α-hetero) is 2. The number of fused-ring (bicyclic) bond motifs is 3. The van der Waals surface area contributed by atoms with Gasteiger partial charge in [0, 0.05) is 12.1 Å². The highest BCUT2D eigenvalue weighted by Crippen LogP contribution is 2.38. The van der Waals surface area contributed by atoms with Crippen molar-refractivity contribution in [1.29, 1.82) is 0 Å². The molecular weight excluding hydrogens is 232 g/mol. The third-order valence-corrected chi connectivity index (χ3v) is 3.93. The third kappa shape index (κ3) is 1.09. The predicted octanol–water partition coefficient (Wildman–Crippen LogP) is 0.845. The molecule has 0 bridgehead atoms. The first-order valence-electron chi connectivity index (χ1n) is 5.92. The van der Waals surface area contributed by atoms with Crippen molar-refractivity contribution >= 4 is 11.6 Å². The van der Waals surface area contributed by atoms with Gasteiger partial charge in [-0.1, -0.05) is 0 Å². The number of hydrogen-bond donors (Lipinski definition) is 2. The third-order valence-electron chi connectivity index (χ3n) is 3.93. The van der Waals surface area contributed by atoms with Crippen LogP contribution in [0.3, 0.4) is 0 Å². The van der Waals surface area contributed by atoms with Gasteiger partial charge < -0.3 is 15.4 Å². The van der Waals surface area contributed by atoms with E-state index in [1.807, 2.05) is 0 Å². The number of aromatic nitrogens is 1. The van der Waals surface area contributed by atoms with Crippen molar-refractivity contribution in [2.75, 3.05) is 0 Å². The number of allylic oxidation sites excluding steroid dienone is 2. The first-order valence-corrected chi connectivity index (χ1v) is 5.92. The molecule has 1 atom stereocenters. The van der Waals surface area contributed by atoms with Gasteiger partial charge in [0.2, 0.25) is 11.6 Å². The van der Waals surface area contributed by atoms with Gasteiger partial charge in [-0.3, -0.25) is 9.59 Å². The molecule has 18 heavy (non-hydrogen) atoms. The number of rotatable bonds is 0. The highest BCUT2D eigenvalue weighted by molar-refractivity contribution is 6.26. The van der Waals surface area contributed by atoms with Crippen LogP contribution in [0.1, 0.15) is 51.6 Å². The minimum absolute atomic E-state index is 0.0226. The molecule has 1 aliphatic heterocycles. The molecule has 2 heterocycles. The number of carbonyl (C=O) groups is 2. The molecule has 0 fully saturated rings. The van der Waals surface area contributed by atoms with Crippen molar-refractivity contribution in [2.24, 2.45) is 5.73 Å². The standard InChI is InChI=1S/C13H14N2O3/c1-5-8-11(15-4-3-7(16)10(5)15)12(17)6(2)9(14)13(8)18/h7,16H,3-4,14H2,1-2H3. The molecule has 0 spiro atoms. The van der Waals surface area contributed by atoms with Gasteiger partial charge in [-0.25, -0.2) is 0 Å². The van der Waals surface area contributed by atoms with Crippen molar-refractivity contribution < 1.29 is 14.7 Å². The summed E-state index contributed by atoms with van der Waals surface area (Å²) in [6, 6.07) is 0. The van der Waals surface area contributed by atoms with E-state index in [0.717, 1.165) is 0 Å². The van der Waals surface area contributed by atoms with E-state index in [0.29, 0.717) is 41.1 Å². The summed E-state index contributed by atoms with van der Waals surface area (Å²) in [6.45, 7) is 3.90. The molecule has 5 heteroatoms. The van der Waals surface area contributed by atoms with Crippen LogP contribution >= 0.6 is 0 Å². The lowest BCUT2D eigenvalue weighted by molar-refractivity contribution is 0.0967. The van der Waals surface area contributed by atoms with Gasteiger partial charge in [0.1, 0.15) is 5.69 Å². The number of aliphatic hydroxyl groups is 1. The fourth-order valence-corrected chi connectivity index (χ4v) is 2.93. The van der Waals surface area contributed by atoms with Gasteiger partial charge in [0.15, 0.2) is 0 Å². The molecule has 1 aliphatic carbocycles. The minimum Gasteiger partial charge on any atom is -0.395 e. The highest BCUT2D eigenvalue weighted by Gasteiger charge is 2.39. The second-order valence-electron chi connectivity index (χ2n) is 4.89. The maximum atomic E-state index is 12.3. The summed E-state index contributed by atoms with van der Waals surface area (Å²) in [4.78, 5) is 24.4. The molecule has 0 aromatic carbocycles. The van der Waals surface area contributed by atoms with Crippen LogP contribution < -0.4 is 5.73 Å². The van der Waals surface area contributed by atoms with E-state index in [2.05, 4.69) is 0 Å². The second-order valence-corrected chi connectivity index (χ2v) is 4.89. The van der Waals surface area contributed by atoms with Gasteiger partial charge in [0.25, 0.3) is 0 Å². The van der Waals surface area contributed by atoms with Gasteiger partial charge in [0.05, 0.1) is 23.1 Å². The molecule has 1 unspecified atom stereocenters. The van der Waals surface area contributed by atoms with Gasteiger partial charge in [-0.15, -0.1) is 0 Å². The lowest BCUT2D eigenvalue weighted by Gasteiger charge is -2.15. The Morgan fingerprint density at radius 2 is 1.94 bits per heavy atom. The molecule has 3 N–H and O–H groups in total. The van der Waals surface area contributed by atoms with E-state index in [1.165, 1.54) is 0 Å². The molecule has 0 saturated heterocycles. The highest BCUT2D eigenvalue weighted by atomic mass is 16.3. The van der Waals surface area contributed by atoms with Crippen molar-refractivity contribution in [3.63, 3.8) is 0 Å². The first-order chi connectivity index (χ1) is 8.45. The van der Waals surface area contributed by atoms with Crippen LogP contribution in [0.5, 0.6) is 0 Å². The molecule has 5 nitrogen and oxygen atoms in total. The van der Waals surface area contributed by atoms with E-state index in [1.54, 1.807) is 18.4 Å². The van der Waals surface area contributed by atoms with E-state index in [9.17, 15) is 14.7 Å². The van der Waals surface area contributed by atoms with Crippen molar-refractivity contribution in [3.05, 3.63) is 33.8 Å². The maximum Gasteiger partial charge on any atom is 0.211 e. The Kier molecular flexibility index (Phi) is 2.07.